The maximum absolute atomic E-state index is 13.3. The van der Waals surface area contributed by atoms with Gasteiger partial charge in [-0.2, -0.15) is 4.98 Å². The number of nitrogens with zero attached hydrogens (tertiary/aromatic N) is 3. The number of nitro benzene ring substituents is 1. The Labute approximate surface area is 112 Å². The van der Waals surface area contributed by atoms with E-state index in [0.717, 1.165) is 18.2 Å². The van der Waals surface area contributed by atoms with E-state index in [2.05, 4.69) is 10.1 Å². The Morgan fingerprint density at radius 3 is 2.95 bits per heavy atom. The van der Waals surface area contributed by atoms with Crippen molar-refractivity contribution < 1.29 is 18.6 Å². The smallest absolute Gasteiger partial charge is 0.273 e. The fourth-order valence-electron chi connectivity index (χ4n) is 1.56. The third-order valence-corrected chi connectivity index (χ3v) is 2.46. The third kappa shape index (κ3) is 2.95. The number of rotatable bonds is 5. The van der Waals surface area contributed by atoms with Crippen molar-refractivity contribution in [2.45, 2.75) is 6.04 Å². The minimum atomic E-state index is -0.768. The number of hydrogen-bond donors (Lipinski definition) is 1. The van der Waals surface area contributed by atoms with Gasteiger partial charge in [0.2, 0.25) is 0 Å². The number of nitro groups is 1. The molecule has 0 amide bonds. The molecule has 9 heteroatoms. The van der Waals surface area contributed by atoms with Gasteiger partial charge in [0.25, 0.3) is 11.6 Å². The van der Waals surface area contributed by atoms with Gasteiger partial charge in [-0.15, -0.1) is 0 Å². The van der Waals surface area contributed by atoms with Gasteiger partial charge in [-0.05, 0) is 6.07 Å². The zero-order valence-electron chi connectivity index (χ0n) is 10.4. The molecule has 0 aliphatic carbocycles. The number of nitrogens with two attached hydrogens (primary N) is 1. The van der Waals surface area contributed by atoms with Crippen LogP contribution in [0.15, 0.2) is 22.7 Å². The number of hydrogen-bond acceptors (Lipinski definition) is 7. The van der Waals surface area contributed by atoms with E-state index in [4.69, 9.17) is 15.0 Å². The first-order valence-corrected chi connectivity index (χ1v) is 5.54. The summed E-state index contributed by atoms with van der Waals surface area (Å²) < 4.78 is 23.1. The van der Waals surface area contributed by atoms with Crippen LogP contribution >= 0.6 is 0 Å². The lowest BCUT2D eigenvalue weighted by Crippen LogP contribution is -2.17. The Morgan fingerprint density at radius 2 is 2.30 bits per heavy atom. The summed E-state index contributed by atoms with van der Waals surface area (Å²) >= 11 is 0. The molecule has 1 aromatic carbocycles. The first kappa shape index (κ1) is 14.0. The second kappa shape index (κ2) is 5.72. The van der Waals surface area contributed by atoms with Crippen LogP contribution in [-0.2, 0) is 4.74 Å². The molecule has 1 aromatic heterocycles. The lowest BCUT2D eigenvalue weighted by Gasteiger charge is -2.03. The average molecular weight is 282 g/mol. The molecule has 2 aromatic rings. The van der Waals surface area contributed by atoms with Gasteiger partial charge in [-0.1, -0.05) is 5.16 Å². The quantitative estimate of drug-likeness (QED) is 0.651. The zero-order chi connectivity index (χ0) is 14.7. The highest BCUT2D eigenvalue weighted by molar-refractivity contribution is 5.57. The molecule has 0 saturated heterocycles. The molecular weight excluding hydrogens is 271 g/mol. The lowest BCUT2D eigenvalue weighted by molar-refractivity contribution is -0.385. The van der Waals surface area contributed by atoms with E-state index in [1.54, 1.807) is 0 Å². The molecule has 0 aliphatic heterocycles. The van der Waals surface area contributed by atoms with E-state index < -0.39 is 22.5 Å². The Bertz CT molecular complexity index is 631. The first-order chi connectivity index (χ1) is 9.51. The number of methoxy groups -OCH3 is 1. The standard InChI is InChI=1S/C11H11FN4O4/c1-19-5-9(13)10-14-11(20-15-10)6-2-7(12)4-8(3-6)16(17)18/h2-4,9H,5,13H2,1H3. The molecular formula is C11H11FN4O4. The molecule has 1 atom stereocenters. The molecule has 0 spiro atoms. The van der Waals surface area contributed by atoms with Crippen molar-refractivity contribution in [2.24, 2.45) is 5.73 Å². The van der Waals surface area contributed by atoms with Crippen molar-refractivity contribution in [3.05, 3.63) is 40.0 Å². The van der Waals surface area contributed by atoms with E-state index in [-0.39, 0.29) is 23.9 Å². The van der Waals surface area contributed by atoms with Crippen LogP contribution in [0.5, 0.6) is 0 Å². The van der Waals surface area contributed by atoms with Gasteiger partial charge in [0.05, 0.1) is 23.6 Å². The first-order valence-electron chi connectivity index (χ1n) is 5.54. The summed E-state index contributed by atoms with van der Waals surface area (Å²) in [4.78, 5) is 13.9. The topological polar surface area (TPSA) is 117 Å². The zero-order valence-corrected chi connectivity index (χ0v) is 10.4. The minimum absolute atomic E-state index is 0.0471. The van der Waals surface area contributed by atoms with Crippen molar-refractivity contribution in [1.29, 1.82) is 0 Å². The monoisotopic (exact) mass is 282 g/mol. The summed E-state index contributed by atoms with van der Waals surface area (Å²) in [6.45, 7) is 0.183. The highest BCUT2D eigenvalue weighted by Crippen LogP contribution is 2.25. The molecule has 8 nitrogen and oxygen atoms in total. The predicted octanol–water partition coefficient (Wildman–Crippen LogP) is 1.43. The number of non-ortho nitro benzene ring substituents is 1. The average Bonchev–Trinajstić information content (AvgIpc) is 2.88. The Hall–Kier alpha value is -2.39. The van der Waals surface area contributed by atoms with E-state index in [1.807, 2.05) is 0 Å². The summed E-state index contributed by atoms with van der Waals surface area (Å²) in [7, 11) is 1.47. The van der Waals surface area contributed by atoms with Crippen molar-refractivity contribution in [1.82, 2.24) is 10.1 Å². The van der Waals surface area contributed by atoms with Crippen molar-refractivity contribution in [3.63, 3.8) is 0 Å². The van der Waals surface area contributed by atoms with Crippen LogP contribution in [-0.4, -0.2) is 28.8 Å². The predicted molar refractivity (Wildman–Crippen MR) is 65.2 cm³/mol. The third-order valence-electron chi connectivity index (χ3n) is 2.46. The Kier molecular flexibility index (Phi) is 4.01. The molecule has 0 saturated carbocycles. The summed E-state index contributed by atoms with van der Waals surface area (Å²) in [6.07, 6.45) is 0. The summed E-state index contributed by atoms with van der Waals surface area (Å²) in [5, 5.41) is 14.3. The molecule has 0 aliphatic rings. The summed E-state index contributed by atoms with van der Waals surface area (Å²) in [5.74, 6) is -0.641. The number of halogens is 1. The number of aromatic nitrogens is 2. The van der Waals surface area contributed by atoms with Crippen LogP contribution in [0.1, 0.15) is 11.9 Å². The Balaban J connectivity index is 2.34. The van der Waals surface area contributed by atoms with E-state index in [1.165, 1.54) is 7.11 Å². The SMILES string of the molecule is COCC(N)c1noc(-c2cc(F)cc([N+](=O)[O-])c2)n1. The summed E-state index contributed by atoms with van der Waals surface area (Å²) in [5.41, 5.74) is 5.42. The van der Waals surface area contributed by atoms with E-state index in [9.17, 15) is 14.5 Å². The van der Waals surface area contributed by atoms with Crippen LogP contribution in [0.3, 0.4) is 0 Å². The molecule has 0 fully saturated rings. The van der Waals surface area contributed by atoms with Crippen LogP contribution < -0.4 is 5.73 Å². The maximum Gasteiger partial charge on any atom is 0.273 e. The Morgan fingerprint density at radius 1 is 1.55 bits per heavy atom. The van der Waals surface area contributed by atoms with Crippen molar-refractivity contribution in [2.75, 3.05) is 13.7 Å². The van der Waals surface area contributed by atoms with Gasteiger partial charge in [0.1, 0.15) is 5.82 Å². The highest BCUT2D eigenvalue weighted by Gasteiger charge is 2.18. The molecule has 106 valence electrons. The van der Waals surface area contributed by atoms with E-state index in [0.29, 0.717) is 0 Å². The highest BCUT2D eigenvalue weighted by atomic mass is 19.1. The van der Waals surface area contributed by atoms with Crippen LogP contribution in [0.2, 0.25) is 0 Å². The van der Waals surface area contributed by atoms with Gasteiger partial charge in [-0.25, -0.2) is 4.39 Å². The van der Waals surface area contributed by atoms with Gasteiger partial charge >= 0.3 is 0 Å². The molecule has 0 radical (unpaired) electrons. The number of benzene rings is 1. The largest absolute Gasteiger partial charge is 0.383 e. The lowest BCUT2D eigenvalue weighted by atomic mass is 10.2. The maximum atomic E-state index is 13.3. The van der Waals surface area contributed by atoms with Crippen LogP contribution in [0.25, 0.3) is 11.5 Å². The second-order valence-corrected chi connectivity index (χ2v) is 3.97. The van der Waals surface area contributed by atoms with Gasteiger partial charge in [0, 0.05) is 18.7 Å². The van der Waals surface area contributed by atoms with Crippen molar-refractivity contribution >= 4 is 5.69 Å². The fraction of sp³-hybridized carbons (Fsp3) is 0.273. The molecule has 20 heavy (non-hydrogen) atoms. The fourth-order valence-corrected chi connectivity index (χ4v) is 1.56. The van der Waals surface area contributed by atoms with Crippen LogP contribution in [0.4, 0.5) is 10.1 Å². The second-order valence-electron chi connectivity index (χ2n) is 3.97. The molecule has 1 unspecified atom stereocenters. The van der Waals surface area contributed by atoms with Crippen molar-refractivity contribution in [3.8, 4) is 11.5 Å². The molecule has 1 heterocycles. The van der Waals surface area contributed by atoms with Gasteiger partial charge in [-0.3, -0.25) is 10.1 Å². The normalized spacial score (nSPS) is 12.3. The van der Waals surface area contributed by atoms with Crippen LogP contribution in [0, 0.1) is 15.9 Å². The van der Waals surface area contributed by atoms with Gasteiger partial charge < -0.3 is 15.0 Å². The summed E-state index contributed by atoms with van der Waals surface area (Å²) in [6, 6.07) is 2.41. The minimum Gasteiger partial charge on any atom is -0.383 e. The molecule has 2 N–H and O–H groups in total. The van der Waals surface area contributed by atoms with Gasteiger partial charge in [0.15, 0.2) is 5.82 Å². The van der Waals surface area contributed by atoms with E-state index >= 15 is 0 Å². The molecule has 2 rings (SSSR count). The number of ether oxygens (including phenoxy) is 1. The molecule has 0 bridgehead atoms.